The maximum absolute atomic E-state index is 6.73. The molecule has 0 atom stereocenters. The van der Waals surface area contributed by atoms with Crippen LogP contribution in [0.15, 0.2) is 53.0 Å². The van der Waals surface area contributed by atoms with Gasteiger partial charge in [0.05, 0.1) is 0 Å². The van der Waals surface area contributed by atoms with E-state index in [9.17, 15) is 0 Å². The monoisotopic (exact) mass is 404 g/mol. The van der Waals surface area contributed by atoms with Crippen LogP contribution in [0, 0.1) is 0 Å². The molecule has 0 saturated carbocycles. The highest BCUT2D eigenvalue weighted by Crippen LogP contribution is 2.42. The van der Waals surface area contributed by atoms with Crippen LogP contribution in [0.2, 0.25) is 16.6 Å². The molecule has 130 valence electrons. The van der Waals surface area contributed by atoms with E-state index in [1.54, 1.807) is 0 Å². The van der Waals surface area contributed by atoms with Gasteiger partial charge >= 0.3 is 0 Å². The zero-order chi connectivity index (χ0) is 17.9. The molecule has 0 spiro atoms. The molecule has 2 rings (SSSR count). The van der Waals surface area contributed by atoms with Crippen molar-refractivity contribution in [3.05, 3.63) is 53.0 Å². The molecule has 0 radical (unpaired) electrons. The zero-order valence-corrected chi connectivity index (χ0v) is 18.2. The van der Waals surface area contributed by atoms with Crippen molar-refractivity contribution in [1.29, 1.82) is 0 Å². The standard InChI is InChI=1S/C21H29BrOSi/c1-15(2)24(16(3)4,17(5)6)23-21-13-9-19(10-14-21)18-7-11-20(22)12-8-18/h7-17H,1-6H3. The molecule has 2 aromatic rings. The Hall–Kier alpha value is -1.06. The van der Waals surface area contributed by atoms with Crippen molar-refractivity contribution in [2.45, 2.75) is 58.2 Å². The van der Waals surface area contributed by atoms with Gasteiger partial charge in [-0.15, -0.1) is 0 Å². The Morgan fingerprint density at radius 2 is 1.04 bits per heavy atom. The molecule has 0 aliphatic heterocycles. The van der Waals surface area contributed by atoms with Crippen LogP contribution in [0.25, 0.3) is 11.1 Å². The summed E-state index contributed by atoms with van der Waals surface area (Å²) in [7, 11) is -1.88. The van der Waals surface area contributed by atoms with Crippen LogP contribution in [-0.4, -0.2) is 8.32 Å². The minimum atomic E-state index is -1.88. The van der Waals surface area contributed by atoms with Crippen molar-refractivity contribution < 1.29 is 4.43 Å². The van der Waals surface area contributed by atoms with E-state index in [0.29, 0.717) is 16.6 Å². The summed E-state index contributed by atoms with van der Waals surface area (Å²) in [6.07, 6.45) is 0. The molecule has 0 unspecified atom stereocenters. The molecule has 3 heteroatoms. The van der Waals surface area contributed by atoms with E-state index in [-0.39, 0.29) is 0 Å². The first-order valence-corrected chi connectivity index (χ1v) is 11.8. The molecule has 24 heavy (non-hydrogen) atoms. The van der Waals surface area contributed by atoms with Crippen molar-refractivity contribution in [2.24, 2.45) is 0 Å². The van der Waals surface area contributed by atoms with Crippen LogP contribution in [0.1, 0.15) is 41.5 Å². The van der Waals surface area contributed by atoms with Gasteiger partial charge in [0.15, 0.2) is 0 Å². The largest absolute Gasteiger partial charge is 0.543 e. The summed E-state index contributed by atoms with van der Waals surface area (Å²) in [5.74, 6) is 1.01. The lowest BCUT2D eigenvalue weighted by Gasteiger charge is -2.42. The van der Waals surface area contributed by atoms with Gasteiger partial charge in [0.25, 0.3) is 8.32 Å². The smallest absolute Gasteiger partial charge is 0.258 e. The predicted molar refractivity (Wildman–Crippen MR) is 111 cm³/mol. The lowest BCUT2D eigenvalue weighted by Crippen LogP contribution is -2.50. The van der Waals surface area contributed by atoms with Gasteiger partial charge in [-0.25, -0.2) is 0 Å². The molecule has 0 fully saturated rings. The van der Waals surface area contributed by atoms with Gasteiger partial charge in [-0.1, -0.05) is 81.7 Å². The Morgan fingerprint density at radius 1 is 0.667 bits per heavy atom. The third-order valence-corrected chi connectivity index (χ3v) is 11.6. The quantitative estimate of drug-likeness (QED) is 0.448. The van der Waals surface area contributed by atoms with Crippen LogP contribution in [-0.2, 0) is 0 Å². The van der Waals surface area contributed by atoms with E-state index in [2.05, 4.69) is 106 Å². The topological polar surface area (TPSA) is 9.23 Å². The van der Waals surface area contributed by atoms with Crippen LogP contribution in [0.4, 0.5) is 0 Å². The second-order valence-electron chi connectivity index (χ2n) is 7.45. The van der Waals surface area contributed by atoms with Crippen LogP contribution in [0.3, 0.4) is 0 Å². The average molecular weight is 405 g/mol. The Bertz CT molecular complexity index is 623. The number of halogens is 1. The molecular formula is C21H29BrOSi. The van der Waals surface area contributed by atoms with Crippen LogP contribution < -0.4 is 4.43 Å². The molecule has 2 aromatic carbocycles. The third-order valence-electron chi connectivity index (χ3n) is 5.03. The zero-order valence-electron chi connectivity index (χ0n) is 15.6. The third kappa shape index (κ3) is 3.94. The Morgan fingerprint density at radius 3 is 1.42 bits per heavy atom. The molecule has 0 bridgehead atoms. The van der Waals surface area contributed by atoms with E-state index >= 15 is 0 Å². The lowest BCUT2D eigenvalue weighted by atomic mass is 10.1. The summed E-state index contributed by atoms with van der Waals surface area (Å²) in [6.45, 7) is 13.9. The fourth-order valence-corrected chi connectivity index (χ4v) is 9.43. The van der Waals surface area contributed by atoms with E-state index in [1.807, 2.05) is 0 Å². The highest BCUT2D eigenvalue weighted by molar-refractivity contribution is 9.10. The Balaban J connectivity index is 2.28. The van der Waals surface area contributed by atoms with Gasteiger partial charge in [0, 0.05) is 4.47 Å². The lowest BCUT2D eigenvalue weighted by molar-refractivity contribution is 0.480. The minimum absolute atomic E-state index is 0.587. The Labute approximate surface area is 156 Å². The summed E-state index contributed by atoms with van der Waals surface area (Å²) < 4.78 is 7.83. The second kappa shape index (κ2) is 7.88. The maximum Gasteiger partial charge on any atom is 0.258 e. The molecule has 0 aliphatic carbocycles. The molecule has 0 aliphatic rings. The summed E-state index contributed by atoms with van der Waals surface area (Å²) >= 11 is 3.49. The van der Waals surface area contributed by atoms with Gasteiger partial charge in [0.2, 0.25) is 0 Å². The van der Waals surface area contributed by atoms with E-state index in [4.69, 9.17) is 4.43 Å². The van der Waals surface area contributed by atoms with Gasteiger partial charge < -0.3 is 4.43 Å². The molecule has 0 N–H and O–H groups in total. The molecule has 0 aromatic heterocycles. The van der Waals surface area contributed by atoms with Gasteiger partial charge in [-0.3, -0.25) is 0 Å². The predicted octanol–water partition coefficient (Wildman–Crippen LogP) is 7.67. The summed E-state index contributed by atoms with van der Waals surface area (Å²) in [5, 5.41) is 0. The van der Waals surface area contributed by atoms with Crippen molar-refractivity contribution >= 4 is 24.2 Å². The van der Waals surface area contributed by atoms with Crippen molar-refractivity contribution in [1.82, 2.24) is 0 Å². The number of hydrogen-bond donors (Lipinski definition) is 0. The Kier molecular flexibility index (Phi) is 6.32. The highest BCUT2D eigenvalue weighted by atomic mass is 79.9. The number of benzene rings is 2. The van der Waals surface area contributed by atoms with Crippen molar-refractivity contribution in [3.63, 3.8) is 0 Å². The van der Waals surface area contributed by atoms with Crippen molar-refractivity contribution in [3.8, 4) is 16.9 Å². The van der Waals surface area contributed by atoms with Crippen molar-refractivity contribution in [2.75, 3.05) is 0 Å². The first-order valence-electron chi connectivity index (χ1n) is 8.82. The molecular weight excluding hydrogens is 376 g/mol. The SMILES string of the molecule is CC(C)[Si](Oc1ccc(-c2ccc(Br)cc2)cc1)(C(C)C)C(C)C. The van der Waals surface area contributed by atoms with Crippen LogP contribution in [0.5, 0.6) is 5.75 Å². The summed E-state index contributed by atoms with van der Waals surface area (Å²) in [5.41, 5.74) is 4.21. The summed E-state index contributed by atoms with van der Waals surface area (Å²) in [6, 6.07) is 17.0. The fourth-order valence-electron chi connectivity index (χ4n) is 3.92. The van der Waals surface area contributed by atoms with E-state index < -0.39 is 8.32 Å². The molecule has 0 amide bonds. The van der Waals surface area contributed by atoms with Gasteiger partial charge in [-0.2, -0.15) is 0 Å². The minimum Gasteiger partial charge on any atom is -0.543 e. The number of hydrogen-bond acceptors (Lipinski definition) is 1. The van der Waals surface area contributed by atoms with Gasteiger partial charge in [-0.05, 0) is 52.0 Å². The normalized spacial score (nSPS) is 12.2. The maximum atomic E-state index is 6.73. The molecule has 1 nitrogen and oxygen atoms in total. The average Bonchev–Trinajstić information content (AvgIpc) is 2.53. The van der Waals surface area contributed by atoms with Gasteiger partial charge in [0.1, 0.15) is 5.75 Å². The summed E-state index contributed by atoms with van der Waals surface area (Å²) in [4.78, 5) is 0. The number of rotatable bonds is 6. The van der Waals surface area contributed by atoms with E-state index in [0.717, 1.165) is 10.2 Å². The fraction of sp³-hybridized carbons (Fsp3) is 0.429. The molecule has 0 saturated heterocycles. The van der Waals surface area contributed by atoms with E-state index in [1.165, 1.54) is 11.1 Å². The second-order valence-corrected chi connectivity index (χ2v) is 13.7. The molecule has 0 heterocycles. The first kappa shape index (κ1) is 19.3. The van der Waals surface area contributed by atoms with Crippen LogP contribution >= 0.6 is 15.9 Å². The highest BCUT2D eigenvalue weighted by Gasteiger charge is 2.46. The first-order chi connectivity index (χ1) is 11.3.